The van der Waals surface area contributed by atoms with E-state index in [1.54, 1.807) is 0 Å². The van der Waals surface area contributed by atoms with Crippen molar-refractivity contribution in [3.63, 3.8) is 0 Å². The summed E-state index contributed by atoms with van der Waals surface area (Å²) < 4.78 is 26.5. The predicted molar refractivity (Wildman–Crippen MR) is 86.2 cm³/mol. The maximum absolute atomic E-state index is 13.4. The summed E-state index contributed by atoms with van der Waals surface area (Å²) in [5.74, 6) is -2.99. The molecule has 0 spiro atoms. The lowest BCUT2D eigenvalue weighted by molar-refractivity contribution is -0.128. The van der Waals surface area contributed by atoms with Crippen molar-refractivity contribution in [2.24, 2.45) is 0 Å². The highest BCUT2D eigenvalue weighted by Crippen LogP contribution is 2.17. The molecule has 0 fully saturated rings. The molecular weight excluding hydrogens is 314 g/mol. The number of benzene rings is 2. The van der Waals surface area contributed by atoms with Crippen LogP contribution in [0.3, 0.4) is 0 Å². The van der Waals surface area contributed by atoms with Crippen LogP contribution in [0.2, 0.25) is 0 Å². The first-order valence-corrected chi connectivity index (χ1v) is 7.42. The number of rotatable bonds is 5. The number of carbonyl (C=O) groups excluding carboxylic acids is 2. The molecule has 0 aliphatic heterocycles. The van der Waals surface area contributed by atoms with Gasteiger partial charge in [-0.25, -0.2) is 8.78 Å². The minimum absolute atomic E-state index is 0.0871. The Balaban J connectivity index is 2.20. The topological polar surface area (TPSA) is 58.2 Å². The van der Waals surface area contributed by atoms with E-state index in [0.29, 0.717) is 0 Å². The Bertz CT molecular complexity index is 762. The summed E-state index contributed by atoms with van der Waals surface area (Å²) in [5, 5.41) is 4.97. The van der Waals surface area contributed by atoms with Crippen molar-refractivity contribution in [3.8, 4) is 0 Å². The van der Waals surface area contributed by atoms with Gasteiger partial charge in [-0.15, -0.1) is 0 Å². The Morgan fingerprint density at radius 3 is 2.42 bits per heavy atom. The third-order valence-electron chi connectivity index (χ3n) is 3.70. The summed E-state index contributed by atoms with van der Waals surface area (Å²) in [7, 11) is 1.41. The third-order valence-corrected chi connectivity index (χ3v) is 3.70. The molecule has 1 unspecified atom stereocenters. The predicted octanol–water partition coefficient (Wildman–Crippen LogP) is 2.42. The molecule has 1 atom stereocenters. The number of halogens is 2. The number of nitrogens with one attached hydrogen (secondary N) is 2. The zero-order valence-electron chi connectivity index (χ0n) is 13.4. The van der Waals surface area contributed by atoms with E-state index in [9.17, 15) is 18.4 Å². The summed E-state index contributed by atoms with van der Waals surface area (Å²) in [6.45, 7) is 1.88. The summed E-state index contributed by atoms with van der Waals surface area (Å²) in [4.78, 5) is 24.3. The zero-order valence-corrected chi connectivity index (χ0v) is 13.4. The highest BCUT2D eigenvalue weighted by atomic mass is 19.2. The quantitative estimate of drug-likeness (QED) is 0.883. The lowest BCUT2D eigenvalue weighted by atomic mass is 10.0. The summed E-state index contributed by atoms with van der Waals surface area (Å²) >= 11 is 0. The third kappa shape index (κ3) is 4.16. The van der Waals surface area contributed by atoms with Crippen molar-refractivity contribution < 1.29 is 18.4 Å². The van der Waals surface area contributed by atoms with Gasteiger partial charge in [0.05, 0.1) is 6.42 Å². The van der Waals surface area contributed by atoms with Gasteiger partial charge in [0.25, 0.3) is 0 Å². The van der Waals surface area contributed by atoms with Crippen molar-refractivity contribution in [3.05, 3.63) is 70.8 Å². The smallest absolute Gasteiger partial charge is 0.246 e. The minimum atomic E-state index is -1.10. The van der Waals surface area contributed by atoms with E-state index in [-0.39, 0.29) is 17.9 Å². The fraction of sp³-hybridized carbons (Fsp3) is 0.222. The van der Waals surface area contributed by atoms with Gasteiger partial charge in [-0.05, 0) is 35.7 Å². The van der Waals surface area contributed by atoms with Gasteiger partial charge in [-0.2, -0.15) is 0 Å². The van der Waals surface area contributed by atoms with E-state index < -0.39 is 23.6 Å². The lowest BCUT2D eigenvalue weighted by Crippen LogP contribution is -2.39. The van der Waals surface area contributed by atoms with Crippen molar-refractivity contribution in [1.82, 2.24) is 10.6 Å². The molecule has 0 heterocycles. The molecule has 2 rings (SSSR count). The molecule has 4 nitrogen and oxygen atoms in total. The number of likely N-dealkylation sites (N-methyl/N-ethyl adjacent to an activating group) is 1. The number of aryl methyl sites for hydroxylation is 1. The fourth-order valence-electron chi connectivity index (χ4n) is 2.33. The van der Waals surface area contributed by atoms with Crippen molar-refractivity contribution in [1.29, 1.82) is 0 Å². The van der Waals surface area contributed by atoms with Crippen LogP contribution in [0.4, 0.5) is 8.78 Å². The molecule has 2 amide bonds. The maximum Gasteiger partial charge on any atom is 0.246 e. The lowest BCUT2D eigenvalue weighted by Gasteiger charge is -2.18. The van der Waals surface area contributed by atoms with Gasteiger partial charge in [-0.1, -0.05) is 30.3 Å². The monoisotopic (exact) mass is 332 g/mol. The molecule has 2 aromatic carbocycles. The molecule has 126 valence electrons. The Labute approximate surface area is 138 Å². The molecular formula is C18H18F2N2O2. The van der Waals surface area contributed by atoms with E-state index in [2.05, 4.69) is 10.6 Å². The number of amides is 2. The molecule has 0 aliphatic rings. The van der Waals surface area contributed by atoms with Gasteiger partial charge in [0, 0.05) is 7.05 Å². The molecule has 0 aliphatic carbocycles. The van der Waals surface area contributed by atoms with Gasteiger partial charge in [-0.3, -0.25) is 9.59 Å². The van der Waals surface area contributed by atoms with E-state index >= 15 is 0 Å². The second-order valence-electron chi connectivity index (χ2n) is 5.39. The summed E-state index contributed by atoms with van der Waals surface area (Å²) in [5.41, 5.74) is 1.96. The van der Waals surface area contributed by atoms with Crippen LogP contribution in [0, 0.1) is 18.6 Å². The molecule has 2 aromatic rings. The first kappa shape index (κ1) is 17.6. The molecule has 2 N–H and O–H groups in total. The average molecular weight is 332 g/mol. The molecule has 0 bridgehead atoms. The molecule has 0 saturated heterocycles. The number of hydrogen-bond acceptors (Lipinski definition) is 2. The van der Waals surface area contributed by atoms with Crippen LogP contribution in [0.5, 0.6) is 0 Å². The Morgan fingerprint density at radius 2 is 1.79 bits per heavy atom. The van der Waals surface area contributed by atoms with Gasteiger partial charge in [0.1, 0.15) is 6.04 Å². The minimum Gasteiger partial charge on any atom is -0.357 e. The number of hydrogen-bond donors (Lipinski definition) is 2. The normalized spacial score (nSPS) is 11.7. The van der Waals surface area contributed by atoms with Crippen LogP contribution in [0.1, 0.15) is 22.7 Å². The van der Waals surface area contributed by atoms with Crippen molar-refractivity contribution in [2.45, 2.75) is 19.4 Å². The Kier molecular flexibility index (Phi) is 5.63. The summed E-state index contributed by atoms with van der Waals surface area (Å²) in [6, 6.07) is 9.40. The molecule has 24 heavy (non-hydrogen) atoms. The molecule has 0 radical (unpaired) electrons. The Morgan fingerprint density at radius 1 is 1.08 bits per heavy atom. The average Bonchev–Trinajstić information content (AvgIpc) is 2.56. The first-order chi connectivity index (χ1) is 11.4. The molecule has 6 heteroatoms. The van der Waals surface area contributed by atoms with Gasteiger partial charge in [0.15, 0.2) is 11.6 Å². The van der Waals surface area contributed by atoms with Crippen LogP contribution in [0.15, 0.2) is 42.5 Å². The van der Waals surface area contributed by atoms with Crippen molar-refractivity contribution >= 4 is 11.8 Å². The van der Waals surface area contributed by atoms with Crippen LogP contribution in [-0.4, -0.2) is 18.9 Å². The van der Waals surface area contributed by atoms with Gasteiger partial charge < -0.3 is 10.6 Å². The van der Waals surface area contributed by atoms with E-state index in [4.69, 9.17) is 0 Å². The second-order valence-corrected chi connectivity index (χ2v) is 5.39. The van der Waals surface area contributed by atoms with E-state index in [0.717, 1.165) is 23.3 Å². The zero-order chi connectivity index (χ0) is 17.7. The summed E-state index contributed by atoms with van der Waals surface area (Å²) in [6.07, 6.45) is 0.0871. The number of carbonyl (C=O) groups is 2. The van der Waals surface area contributed by atoms with Crippen LogP contribution < -0.4 is 10.6 Å². The highest BCUT2D eigenvalue weighted by Gasteiger charge is 2.23. The van der Waals surface area contributed by atoms with Crippen molar-refractivity contribution in [2.75, 3.05) is 7.05 Å². The molecule has 0 aromatic heterocycles. The van der Waals surface area contributed by atoms with Crippen LogP contribution in [0.25, 0.3) is 0 Å². The first-order valence-electron chi connectivity index (χ1n) is 7.42. The maximum atomic E-state index is 13.4. The largest absolute Gasteiger partial charge is 0.357 e. The van der Waals surface area contributed by atoms with Gasteiger partial charge in [0.2, 0.25) is 11.8 Å². The second kappa shape index (κ2) is 7.68. The van der Waals surface area contributed by atoms with Crippen LogP contribution in [-0.2, 0) is 16.0 Å². The molecule has 0 saturated carbocycles. The SMILES string of the molecule is CNC(=O)C(NC(=O)Cc1ccccc1C)c1ccc(F)c(F)c1. The van der Waals surface area contributed by atoms with E-state index in [1.165, 1.54) is 13.1 Å². The van der Waals surface area contributed by atoms with Gasteiger partial charge >= 0.3 is 0 Å². The standard InChI is InChI=1S/C18H18F2N2O2/c1-11-5-3-4-6-12(11)10-16(23)22-17(18(24)21-2)13-7-8-14(19)15(20)9-13/h3-9,17H,10H2,1-2H3,(H,21,24)(H,22,23). The van der Waals surface area contributed by atoms with E-state index in [1.807, 2.05) is 31.2 Å². The Hall–Kier alpha value is -2.76. The fourth-order valence-corrected chi connectivity index (χ4v) is 2.33. The highest BCUT2D eigenvalue weighted by molar-refractivity contribution is 5.89. The van der Waals surface area contributed by atoms with Crippen LogP contribution >= 0.6 is 0 Å².